The second kappa shape index (κ2) is 5.85. The number of nitrogens with zero attached hydrogens (tertiary/aromatic N) is 3. The van der Waals surface area contributed by atoms with Gasteiger partial charge in [0.25, 0.3) is 0 Å². The number of aromatic nitrogens is 3. The summed E-state index contributed by atoms with van der Waals surface area (Å²) in [6, 6.07) is 4.42. The summed E-state index contributed by atoms with van der Waals surface area (Å²) >= 11 is 0. The van der Waals surface area contributed by atoms with Gasteiger partial charge in [-0.15, -0.1) is 5.10 Å². The second-order valence-electron chi connectivity index (χ2n) is 5.19. The van der Waals surface area contributed by atoms with Gasteiger partial charge in [-0.05, 0) is 24.6 Å². The maximum absolute atomic E-state index is 12.9. The highest BCUT2D eigenvalue weighted by Crippen LogP contribution is 2.32. The Morgan fingerprint density at radius 3 is 2.62 bits per heavy atom. The molecule has 0 aliphatic rings. The first kappa shape index (κ1) is 15.5. The van der Waals surface area contributed by atoms with Gasteiger partial charge >= 0.3 is 6.18 Å². The van der Waals surface area contributed by atoms with E-state index in [2.05, 4.69) is 15.6 Å². The molecule has 0 radical (unpaired) electrons. The largest absolute Gasteiger partial charge is 0.416 e. The Morgan fingerprint density at radius 1 is 1.29 bits per heavy atom. The fraction of sp³-hybridized carbons (Fsp3) is 0.429. The maximum atomic E-state index is 12.9. The van der Waals surface area contributed by atoms with Gasteiger partial charge in [-0.2, -0.15) is 13.2 Å². The molecular weight excluding hydrogens is 281 g/mol. The monoisotopic (exact) mass is 298 g/mol. The molecule has 1 aromatic heterocycles. The van der Waals surface area contributed by atoms with Crippen LogP contribution in [0.15, 0.2) is 24.4 Å². The van der Waals surface area contributed by atoms with Crippen molar-refractivity contribution < 1.29 is 13.2 Å². The van der Waals surface area contributed by atoms with Crippen LogP contribution in [0.4, 0.5) is 13.2 Å². The molecule has 0 saturated carbocycles. The molecule has 0 aliphatic heterocycles. The average Bonchev–Trinajstić information content (AvgIpc) is 2.84. The van der Waals surface area contributed by atoms with Gasteiger partial charge < -0.3 is 5.32 Å². The van der Waals surface area contributed by atoms with Crippen LogP contribution < -0.4 is 5.32 Å². The first-order valence-electron chi connectivity index (χ1n) is 6.60. The summed E-state index contributed by atoms with van der Waals surface area (Å²) in [7, 11) is 0. The summed E-state index contributed by atoms with van der Waals surface area (Å²) in [4.78, 5) is 0. The maximum Gasteiger partial charge on any atom is 0.416 e. The van der Waals surface area contributed by atoms with Crippen molar-refractivity contribution >= 4 is 0 Å². The van der Waals surface area contributed by atoms with Gasteiger partial charge in [-0.1, -0.05) is 25.1 Å². The number of rotatable bonds is 4. The molecule has 0 amide bonds. The van der Waals surface area contributed by atoms with Gasteiger partial charge in [0.2, 0.25) is 0 Å². The lowest BCUT2D eigenvalue weighted by Gasteiger charge is -2.11. The molecule has 21 heavy (non-hydrogen) atoms. The fourth-order valence-corrected chi connectivity index (χ4v) is 1.87. The Bertz CT molecular complexity index is 617. The topological polar surface area (TPSA) is 42.7 Å². The predicted octanol–water partition coefficient (Wildman–Crippen LogP) is 3.09. The molecule has 2 rings (SSSR count). The molecule has 4 nitrogen and oxygen atoms in total. The van der Waals surface area contributed by atoms with E-state index in [0.717, 1.165) is 6.07 Å². The first-order chi connectivity index (χ1) is 9.77. The number of aryl methyl sites for hydroxylation is 1. The SMILES string of the molecule is Cc1ccc(-n2cc(CNC(C)C)nn2)cc1C(F)(F)F. The summed E-state index contributed by atoms with van der Waals surface area (Å²) in [6.45, 7) is 5.96. The summed E-state index contributed by atoms with van der Waals surface area (Å²) in [5, 5.41) is 11.0. The van der Waals surface area contributed by atoms with Crippen LogP contribution in [0.1, 0.15) is 30.7 Å². The van der Waals surface area contributed by atoms with Crippen LogP contribution in [0, 0.1) is 6.92 Å². The first-order valence-corrected chi connectivity index (χ1v) is 6.60. The van der Waals surface area contributed by atoms with E-state index >= 15 is 0 Å². The number of hydrogen-bond acceptors (Lipinski definition) is 3. The molecule has 0 spiro atoms. The van der Waals surface area contributed by atoms with Crippen LogP contribution in [0.3, 0.4) is 0 Å². The van der Waals surface area contributed by atoms with Crippen molar-refractivity contribution in [3.05, 3.63) is 41.2 Å². The molecule has 0 unspecified atom stereocenters. The summed E-state index contributed by atoms with van der Waals surface area (Å²) in [5.74, 6) is 0. The molecule has 1 N–H and O–H groups in total. The van der Waals surface area contributed by atoms with Crippen molar-refractivity contribution in [1.29, 1.82) is 0 Å². The third-order valence-electron chi connectivity index (χ3n) is 3.02. The Labute approximate surface area is 121 Å². The molecule has 0 aliphatic carbocycles. The molecular formula is C14H17F3N4. The van der Waals surface area contributed by atoms with Gasteiger partial charge in [-0.25, -0.2) is 4.68 Å². The standard InChI is InChI=1S/C14H17F3N4/c1-9(2)18-7-11-8-21(20-19-11)12-5-4-10(3)13(6-12)14(15,16)17/h4-6,8-9,18H,7H2,1-3H3. The van der Waals surface area contributed by atoms with Crippen LogP contribution in [0.5, 0.6) is 0 Å². The molecule has 0 fully saturated rings. The number of hydrogen-bond donors (Lipinski definition) is 1. The lowest BCUT2D eigenvalue weighted by molar-refractivity contribution is -0.138. The Hall–Kier alpha value is -1.89. The Kier molecular flexibility index (Phi) is 4.32. The quantitative estimate of drug-likeness (QED) is 0.943. The van der Waals surface area contributed by atoms with E-state index in [9.17, 15) is 13.2 Å². The Morgan fingerprint density at radius 2 is 2.00 bits per heavy atom. The zero-order valence-electron chi connectivity index (χ0n) is 12.1. The number of halogens is 3. The molecule has 2 aromatic rings. The lowest BCUT2D eigenvalue weighted by atomic mass is 10.1. The minimum absolute atomic E-state index is 0.188. The van der Waals surface area contributed by atoms with E-state index in [4.69, 9.17) is 0 Å². The highest BCUT2D eigenvalue weighted by atomic mass is 19.4. The highest BCUT2D eigenvalue weighted by Gasteiger charge is 2.32. The summed E-state index contributed by atoms with van der Waals surface area (Å²) in [6.07, 6.45) is -2.75. The van der Waals surface area contributed by atoms with E-state index in [-0.39, 0.29) is 5.56 Å². The number of alkyl halides is 3. The third kappa shape index (κ3) is 3.81. The van der Waals surface area contributed by atoms with E-state index in [1.165, 1.54) is 17.7 Å². The smallest absolute Gasteiger partial charge is 0.309 e. The van der Waals surface area contributed by atoms with E-state index in [1.54, 1.807) is 12.3 Å². The molecule has 114 valence electrons. The van der Waals surface area contributed by atoms with Gasteiger partial charge in [0.15, 0.2) is 0 Å². The third-order valence-corrected chi connectivity index (χ3v) is 3.02. The highest BCUT2D eigenvalue weighted by molar-refractivity contribution is 5.41. The van der Waals surface area contributed by atoms with Crippen LogP contribution in [0.2, 0.25) is 0 Å². The molecule has 0 saturated heterocycles. The molecule has 0 bridgehead atoms. The van der Waals surface area contributed by atoms with Crippen molar-refractivity contribution in [2.45, 2.75) is 39.5 Å². The van der Waals surface area contributed by atoms with Crippen molar-refractivity contribution in [3.8, 4) is 5.69 Å². The van der Waals surface area contributed by atoms with Crippen LogP contribution in [-0.4, -0.2) is 21.0 Å². The number of nitrogens with one attached hydrogen (secondary N) is 1. The summed E-state index contributed by atoms with van der Waals surface area (Å²) in [5.41, 5.74) is 0.555. The summed E-state index contributed by atoms with van der Waals surface area (Å²) < 4.78 is 40.1. The zero-order chi connectivity index (χ0) is 15.6. The van der Waals surface area contributed by atoms with Crippen molar-refractivity contribution in [3.63, 3.8) is 0 Å². The van der Waals surface area contributed by atoms with Gasteiger partial charge in [0.1, 0.15) is 0 Å². The van der Waals surface area contributed by atoms with Crippen LogP contribution in [0.25, 0.3) is 5.69 Å². The van der Waals surface area contributed by atoms with Gasteiger partial charge in [0.05, 0.1) is 23.1 Å². The Balaban J connectivity index is 2.26. The lowest BCUT2D eigenvalue weighted by Crippen LogP contribution is -2.21. The van der Waals surface area contributed by atoms with E-state index in [1.807, 2.05) is 13.8 Å². The van der Waals surface area contributed by atoms with Crippen molar-refractivity contribution in [1.82, 2.24) is 20.3 Å². The van der Waals surface area contributed by atoms with Crippen molar-refractivity contribution in [2.75, 3.05) is 0 Å². The molecule has 0 atom stereocenters. The predicted molar refractivity (Wildman–Crippen MR) is 73.1 cm³/mol. The fourth-order valence-electron chi connectivity index (χ4n) is 1.87. The van der Waals surface area contributed by atoms with Crippen LogP contribution >= 0.6 is 0 Å². The second-order valence-corrected chi connectivity index (χ2v) is 5.19. The van der Waals surface area contributed by atoms with Gasteiger partial charge in [-0.3, -0.25) is 0 Å². The van der Waals surface area contributed by atoms with Crippen LogP contribution in [-0.2, 0) is 12.7 Å². The normalized spacial score (nSPS) is 12.1. The minimum Gasteiger partial charge on any atom is -0.309 e. The molecule has 1 heterocycles. The molecule has 7 heteroatoms. The van der Waals surface area contributed by atoms with E-state index < -0.39 is 11.7 Å². The minimum atomic E-state index is -4.37. The zero-order valence-corrected chi connectivity index (χ0v) is 12.1. The average molecular weight is 298 g/mol. The molecule has 1 aromatic carbocycles. The number of benzene rings is 1. The van der Waals surface area contributed by atoms with Crippen molar-refractivity contribution in [2.24, 2.45) is 0 Å². The van der Waals surface area contributed by atoms with E-state index in [0.29, 0.717) is 24.0 Å². The van der Waals surface area contributed by atoms with Gasteiger partial charge in [0, 0.05) is 12.6 Å².